The molecule has 208 valence electrons. The Labute approximate surface area is 234 Å². The highest BCUT2D eigenvalue weighted by Crippen LogP contribution is 2.34. The number of esters is 1. The van der Waals surface area contributed by atoms with E-state index in [1.807, 2.05) is 44.2 Å². The second-order valence-electron chi connectivity index (χ2n) is 9.69. The molecule has 0 unspecified atom stereocenters. The lowest BCUT2D eigenvalue weighted by Gasteiger charge is -2.18. The van der Waals surface area contributed by atoms with Gasteiger partial charge in [-0.2, -0.15) is 9.78 Å². The Morgan fingerprint density at radius 2 is 1.75 bits per heavy atom. The molecule has 4 aromatic rings. The monoisotopic (exact) mass is 541 g/mol. The summed E-state index contributed by atoms with van der Waals surface area (Å²) in [6.07, 6.45) is 0.880. The SMILES string of the molecule is CCOC(=O)[C@H](C)Oc1ccc(C=Nn2c(-c3cc(C(C)C)c(OCC)cc3C)nc3ccccc3c2=O)cc1. The molecule has 8 heteroatoms. The second kappa shape index (κ2) is 12.6. The van der Waals surface area contributed by atoms with Crippen LogP contribution >= 0.6 is 0 Å². The fraction of sp³-hybridized carbons (Fsp3) is 0.312. The van der Waals surface area contributed by atoms with Gasteiger partial charge in [-0.15, -0.1) is 0 Å². The summed E-state index contributed by atoms with van der Waals surface area (Å²) in [5, 5.41) is 5.07. The van der Waals surface area contributed by atoms with Crippen molar-refractivity contribution in [1.29, 1.82) is 0 Å². The summed E-state index contributed by atoms with van der Waals surface area (Å²) in [7, 11) is 0. The number of ether oxygens (including phenoxy) is 3. The molecule has 0 saturated carbocycles. The number of benzene rings is 3. The minimum atomic E-state index is -0.725. The van der Waals surface area contributed by atoms with Crippen LogP contribution in [0, 0.1) is 6.92 Å². The molecule has 0 fully saturated rings. The van der Waals surface area contributed by atoms with Crippen molar-refractivity contribution in [3.8, 4) is 22.9 Å². The van der Waals surface area contributed by atoms with Crippen LogP contribution < -0.4 is 15.0 Å². The van der Waals surface area contributed by atoms with Gasteiger partial charge in [0.1, 0.15) is 11.5 Å². The van der Waals surface area contributed by atoms with Crippen LogP contribution in [-0.2, 0) is 9.53 Å². The van der Waals surface area contributed by atoms with E-state index in [0.717, 1.165) is 28.0 Å². The third-order valence-corrected chi connectivity index (χ3v) is 6.41. The maximum Gasteiger partial charge on any atom is 0.347 e. The number of rotatable bonds is 10. The topological polar surface area (TPSA) is 92.0 Å². The number of para-hydroxylation sites is 1. The van der Waals surface area contributed by atoms with Gasteiger partial charge in [0.15, 0.2) is 11.9 Å². The zero-order chi connectivity index (χ0) is 28.8. The number of fused-ring (bicyclic) bond motifs is 1. The van der Waals surface area contributed by atoms with E-state index < -0.39 is 12.1 Å². The standard InChI is InChI=1S/C32H35N3O5/c1-7-38-29-17-21(5)27(18-26(29)20(3)4)30-34-28-12-10-9-11-25(28)31(36)35(30)33-19-23-13-15-24(16-14-23)40-22(6)32(37)39-8-2/h9-20,22H,7-8H2,1-6H3/t22-/m0/s1. The van der Waals surface area contributed by atoms with Gasteiger partial charge >= 0.3 is 5.97 Å². The highest BCUT2D eigenvalue weighted by molar-refractivity contribution is 5.82. The quantitative estimate of drug-likeness (QED) is 0.178. The molecule has 4 rings (SSSR count). The summed E-state index contributed by atoms with van der Waals surface area (Å²) < 4.78 is 17.9. The van der Waals surface area contributed by atoms with Crippen molar-refractivity contribution in [2.24, 2.45) is 5.10 Å². The van der Waals surface area contributed by atoms with Gasteiger partial charge in [0.25, 0.3) is 5.56 Å². The lowest BCUT2D eigenvalue weighted by molar-refractivity contribution is -0.150. The average molecular weight is 542 g/mol. The van der Waals surface area contributed by atoms with E-state index in [2.05, 4.69) is 18.9 Å². The number of hydrogen-bond donors (Lipinski definition) is 0. The largest absolute Gasteiger partial charge is 0.494 e. The molecule has 0 aliphatic heterocycles. The van der Waals surface area contributed by atoms with E-state index in [9.17, 15) is 9.59 Å². The molecule has 0 amide bonds. The van der Waals surface area contributed by atoms with Gasteiger partial charge in [-0.05, 0) is 98.8 Å². The van der Waals surface area contributed by atoms with E-state index >= 15 is 0 Å². The highest BCUT2D eigenvalue weighted by Gasteiger charge is 2.19. The molecule has 8 nitrogen and oxygen atoms in total. The van der Waals surface area contributed by atoms with Crippen LogP contribution in [0.15, 0.2) is 70.6 Å². The van der Waals surface area contributed by atoms with Crippen LogP contribution in [0.3, 0.4) is 0 Å². The van der Waals surface area contributed by atoms with E-state index in [0.29, 0.717) is 35.7 Å². The summed E-state index contributed by atoms with van der Waals surface area (Å²) in [5.74, 6) is 1.59. The van der Waals surface area contributed by atoms with Crippen molar-refractivity contribution in [3.05, 3.63) is 87.7 Å². The maximum absolute atomic E-state index is 13.7. The number of aryl methyl sites for hydroxylation is 1. The van der Waals surface area contributed by atoms with Crippen LogP contribution in [0.1, 0.15) is 57.2 Å². The third kappa shape index (κ3) is 6.22. The minimum absolute atomic E-state index is 0.206. The molecule has 40 heavy (non-hydrogen) atoms. The maximum atomic E-state index is 13.7. The Morgan fingerprint density at radius 1 is 1.02 bits per heavy atom. The molecule has 1 aromatic heterocycles. The third-order valence-electron chi connectivity index (χ3n) is 6.41. The van der Waals surface area contributed by atoms with Gasteiger partial charge in [0.2, 0.25) is 0 Å². The van der Waals surface area contributed by atoms with Gasteiger partial charge in [-0.25, -0.2) is 9.78 Å². The van der Waals surface area contributed by atoms with Crippen LogP contribution in [0.5, 0.6) is 11.5 Å². The first-order valence-electron chi connectivity index (χ1n) is 13.5. The van der Waals surface area contributed by atoms with Crippen molar-refractivity contribution in [1.82, 2.24) is 9.66 Å². The summed E-state index contributed by atoms with van der Waals surface area (Å²) in [5.41, 5.74) is 3.85. The number of aromatic nitrogens is 2. The number of carbonyl (C=O) groups excluding carboxylic acids is 1. The Kier molecular flexibility index (Phi) is 8.99. The molecule has 0 bridgehead atoms. The Morgan fingerprint density at radius 3 is 2.42 bits per heavy atom. The van der Waals surface area contributed by atoms with Gasteiger partial charge in [0, 0.05) is 5.56 Å². The van der Waals surface area contributed by atoms with Gasteiger partial charge in [-0.3, -0.25) is 4.79 Å². The second-order valence-corrected chi connectivity index (χ2v) is 9.69. The van der Waals surface area contributed by atoms with Gasteiger partial charge < -0.3 is 14.2 Å². The van der Waals surface area contributed by atoms with E-state index in [1.54, 1.807) is 50.4 Å². The van der Waals surface area contributed by atoms with E-state index in [-0.39, 0.29) is 11.5 Å². The summed E-state index contributed by atoms with van der Waals surface area (Å²) in [6.45, 7) is 12.4. The first-order valence-corrected chi connectivity index (χ1v) is 13.5. The van der Waals surface area contributed by atoms with Crippen molar-refractivity contribution in [3.63, 3.8) is 0 Å². The Hall–Kier alpha value is -4.46. The molecule has 0 radical (unpaired) electrons. The molecule has 0 spiro atoms. The predicted molar refractivity (Wildman–Crippen MR) is 158 cm³/mol. The molecule has 1 atom stereocenters. The van der Waals surface area contributed by atoms with E-state index in [1.165, 1.54) is 4.68 Å². The predicted octanol–water partition coefficient (Wildman–Crippen LogP) is 6.11. The summed E-state index contributed by atoms with van der Waals surface area (Å²) in [6, 6.07) is 18.4. The van der Waals surface area contributed by atoms with Crippen molar-refractivity contribution < 1.29 is 19.0 Å². The highest BCUT2D eigenvalue weighted by atomic mass is 16.6. The lowest BCUT2D eigenvalue weighted by atomic mass is 9.96. The fourth-order valence-corrected chi connectivity index (χ4v) is 4.34. The first-order chi connectivity index (χ1) is 19.2. The van der Waals surface area contributed by atoms with Crippen LogP contribution in [0.2, 0.25) is 0 Å². The normalized spacial score (nSPS) is 12.2. The molecule has 0 N–H and O–H groups in total. The number of nitrogens with zero attached hydrogens (tertiary/aromatic N) is 3. The van der Waals surface area contributed by atoms with Crippen LogP contribution in [-0.4, -0.2) is 41.2 Å². The molecular formula is C32H35N3O5. The lowest BCUT2D eigenvalue weighted by Crippen LogP contribution is -2.26. The zero-order valence-electron chi connectivity index (χ0n) is 23.8. The van der Waals surface area contributed by atoms with Crippen LogP contribution in [0.4, 0.5) is 0 Å². The zero-order valence-corrected chi connectivity index (χ0v) is 23.8. The summed E-state index contributed by atoms with van der Waals surface area (Å²) in [4.78, 5) is 30.4. The van der Waals surface area contributed by atoms with Crippen molar-refractivity contribution in [2.75, 3.05) is 13.2 Å². The molecule has 3 aromatic carbocycles. The van der Waals surface area contributed by atoms with Crippen molar-refractivity contribution in [2.45, 2.75) is 53.6 Å². The van der Waals surface area contributed by atoms with Gasteiger partial charge in [0.05, 0.1) is 30.3 Å². The molecule has 1 heterocycles. The smallest absolute Gasteiger partial charge is 0.347 e. The molecule has 0 aliphatic rings. The molecular weight excluding hydrogens is 506 g/mol. The van der Waals surface area contributed by atoms with Gasteiger partial charge in [-0.1, -0.05) is 26.0 Å². The van der Waals surface area contributed by atoms with E-state index in [4.69, 9.17) is 19.2 Å². The first kappa shape index (κ1) is 28.5. The molecule has 0 saturated heterocycles. The Bertz CT molecular complexity index is 1590. The number of hydrogen-bond acceptors (Lipinski definition) is 7. The summed E-state index contributed by atoms with van der Waals surface area (Å²) >= 11 is 0. The average Bonchev–Trinajstić information content (AvgIpc) is 2.93. The minimum Gasteiger partial charge on any atom is -0.494 e. The van der Waals surface area contributed by atoms with Crippen LogP contribution in [0.25, 0.3) is 22.3 Å². The van der Waals surface area contributed by atoms with Crippen molar-refractivity contribution >= 4 is 23.1 Å². The molecule has 0 aliphatic carbocycles. The number of carbonyl (C=O) groups is 1. The fourth-order valence-electron chi connectivity index (χ4n) is 4.34. The Balaban J connectivity index is 1.76.